The van der Waals surface area contributed by atoms with Crippen molar-refractivity contribution >= 4 is 34.6 Å². The summed E-state index contributed by atoms with van der Waals surface area (Å²) in [7, 11) is 3.41. The fourth-order valence-corrected chi connectivity index (χ4v) is 5.42. The minimum Gasteiger partial charge on any atom is -0.494 e. The lowest BCUT2D eigenvalue weighted by molar-refractivity contribution is -0.127. The molecule has 0 saturated carbocycles. The van der Waals surface area contributed by atoms with E-state index in [0.29, 0.717) is 16.7 Å². The van der Waals surface area contributed by atoms with Crippen molar-refractivity contribution in [3.8, 4) is 5.75 Å². The van der Waals surface area contributed by atoms with Crippen LogP contribution in [0.4, 0.5) is 10.2 Å². The molecule has 37 heavy (non-hydrogen) atoms. The van der Waals surface area contributed by atoms with Crippen LogP contribution in [-0.4, -0.2) is 79.4 Å². The van der Waals surface area contributed by atoms with E-state index in [9.17, 15) is 18.8 Å². The number of furan rings is 1. The molecule has 0 radical (unpaired) electrons. The van der Waals surface area contributed by atoms with Gasteiger partial charge in [-0.05, 0) is 30.8 Å². The number of methoxy groups -OCH3 is 1. The van der Waals surface area contributed by atoms with Gasteiger partial charge in [-0.2, -0.15) is 0 Å². The van der Waals surface area contributed by atoms with Crippen LogP contribution in [0, 0.1) is 5.82 Å². The molecule has 2 saturated heterocycles. The molecule has 1 atom stereocenters. The molecule has 1 N–H and O–H groups in total. The molecule has 3 amide bonds. The van der Waals surface area contributed by atoms with Crippen LogP contribution in [-0.2, 0) is 21.5 Å². The largest absolute Gasteiger partial charge is 0.494 e. The number of aromatic nitrogens is 1. The number of amides is 3. The Balaban J connectivity index is 1.34. The molecule has 0 aliphatic carbocycles. The number of anilines is 1. The van der Waals surface area contributed by atoms with Gasteiger partial charge in [-0.3, -0.25) is 19.7 Å². The van der Waals surface area contributed by atoms with E-state index < -0.39 is 29.0 Å². The number of nitrogens with one attached hydrogen (secondary N) is 1. The molecule has 6 rings (SSSR count). The Kier molecular flexibility index (Phi) is 5.41. The van der Waals surface area contributed by atoms with E-state index >= 15 is 0 Å². The smallest absolute Gasteiger partial charge is 0.257 e. The van der Waals surface area contributed by atoms with Gasteiger partial charge in [0.25, 0.3) is 5.91 Å². The van der Waals surface area contributed by atoms with Gasteiger partial charge in [0.2, 0.25) is 11.8 Å². The molecule has 192 valence electrons. The summed E-state index contributed by atoms with van der Waals surface area (Å²) in [5.74, 6) is -1.30. The molecular formula is C26H26FN5O5. The lowest BCUT2D eigenvalue weighted by Crippen LogP contribution is -2.46. The fraction of sp³-hybridized carbons (Fsp3) is 0.385. The van der Waals surface area contributed by atoms with Crippen LogP contribution in [0.1, 0.15) is 28.1 Å². The molecule has 10 nitrogen and oxygen atoms in total. The highest BCUT2D eigenvalue weighted by Gasteiger charge is 2.53. The third-order valence-corrected chi connectivity index (χ3v) is 7.54. The Hall–Kier alpha value is -3.99. The number of ether oxygens (including phenoxy) is 1. The van der Waals surface area contributed by atoms with E-state index in [1.807, 2.05) is 6.07 Å². The first-order valence-corrected chi connectivity index (χ1v) is 12.1. The van der Waals surface area contributed by atoms with Crippen molar-refractivity contribution in [2.24, 2.45) is 0 Å². The summed E-state index contributed by atoms with van der Waals surface area (Å²) >= 11 is 0. The second kappa shape index (κ2) is 8.55. The molecule has 0 unspecified atom stereocenters. The lowest BCUT2D eigenvalue weighted by atomic mass is 9.82. The van der Waals surface area contributed by atoms with Gasteiger partial charge >= 0.3 is 0 Å². The van der Waals surface area contributed by atoms with Gasteiger partial charge in [0, 0.05) is 45.3 Å². The number of rotatable bonds is 5. The van der Waals surface area contributed by atoms with Crippen LogP contribution < -0.4 is 15.0 Å². The highest BCUT2D eigenvalue weighted by molar-refractivity contribution is 6.10. The molecule has 3 aromatic rings. The van der Waals surface area contributed by atoms with Gasteiger partial charge in [-0.1, -0.05) is 6.07 Å². The summed E-state index contributed by atoms with van der Waals surface area (Å²) in [6, 6.07) is 8.46. The number of piperazine rings is 1. The van der Waals surface area contributed by atoms with Crippen LogP contribution in [0.5, 0.6) is 5.75 Å². The summed E-state index contributed by atoms with van der Waals surface area (Å²) in [5.41, 5.74) is -0.00563. The maximum atomic E-state index is 14.9. The van der Waals surface area contributed by atoms with Gasteiger partial charge in [0.1, 0.15) is 22.5 Å². The number of carbonyl (C=O) groups is 3. The van der Waals surface area contributed by atoms with Crippen LogP contribution in [0.15, 0.2) is 34.7 Å². The first-order valence-electron chi connectivity index (χ1n) is 12.1. The molecule has 5 heterocycles. The molecule has 2 aromatic heterocycles. The second-order valence-electron chi connectivity index (χ2n) is 9.87. The van der Waals surface area contributed by atoms with Crippen molar-refractivity contribution in [2.45, 2.75) is 18.4 Å². The monoisotopic (exact) mass is 507 g/mol. The zero-order chi connectivity index (χ0) is 25.9. The number of likely N-dealkylation sites (N-methyl/N-ethyl adjacent to an activating group) is 1. The lowest BCUT2D eigenvalue weighted by Gasteiger charge is -2.33. The van der Waals surface area contributed by atoms with Crippen molar-refractivity contribution < 1.29 is 27.9 Å². The molecule has 11 heteroatoms. The van der Waals surface area contributed by atoms with E-state index in [2.05, 4.69) is 22.2 Å². The number of halogens is 1. The van der Waals surface area contributed by atoms with E-state index in [0.717, 1.165) is 32.0 Å². The highest BCUT2D eigenvalue weighted by Crippen LogP contribution is 2.40. The van der Waals surface area contributed by atoms with Crippen LogP contribution >= 0.6 is 0 Å². The zero-order valence-electron chi connectivity index (χ0n) is 20.5. The van der Waals surface area contributed by atoms with Crippen molar-refractivity contribution in [2.75, 3.05) is 51.8 Å². The zero-order valence-corrected chi connectivity index (χ0v) is 20.5. The van der Waals surface area contributed by atoms with E-state index in [-0.39, 0.29) is 36.6 Å². The van der Waals surface area contributed by atoms with Gasteiger partial charge in [-0.25, -0.2) is 9.37 Å². The van der Waals surface area contributed by atoms with Gasteiger partial charge in [0.15, 0.2) is 17.1 Å². The maximum Gasteiger partial charge on any atom is 0.257 e. The average molecular weight is 508 g/mol. The van der Waals surface area contributed by atoms with Gasteiger partial charge < -0.3 is 23.9 Å². The Morgan fingerprint density at radius 2 is 1.92 bits per heavy atom. The second-order valence-corrected chi connectivity index (χ2v) is 9.87. The number of hydrogen-bond donors (Lipinski definition) is 1. The standard InChI is InChI=1S/C26H26FN5O5/c1-30-7-9-31(10-8-30)20-6-5-17-16(28-20)11-19(37-17)26(12-21(33)29-25(26)35)14-32-13-15-3-4-18(36-2)23(27)22(15)24(32)34/h3-6,11H,7-10,12-14H2,1-2H3,(H,29,33,35)/t26-/m1/s1. The maximum absolute atomic E-state index is 14.9. The number of hydrogen-bond acceptors (Lipinski definition) is 8. The summed E-state index contributed by atoms with van der Waals surface area (Å²) < 4.78 is 26.0. The summed E-state index contributed by atoms with van der Waals surface area (Å²) in [5, 5.41) is 2.35. The van der Waals surface area contributed by atoms with Crippen LogP contribution in [0.25, 0.3) is 11.1 Å². The van der Waals surface area contributed by atoms with Crippen LogP contribution in [0.2, 0.25) is 0 Å². The van der Waals surface area contributed by atoms with E-state index in [4.69, 9.17) is 14.1 Å². The SMILES string of the molecule is COc1ccc2c(c1F)C(=O)N(C[C@@]1(c3cc4nc(N5CCN(C)CC5)ccc4o3)CC(=O)NC1=O)C2. The quantitative estimate of drug-likeness (QED) is 0.520. The Morgan fingerprint density at radius 1 is 1.14 bits per heavy atom. The predicted octanol–water partition coefficient (Wildman–Crippen LogP) is 1.67. The third-order valence-electron chi connectivity index (χ3n) is 7.54. The fourth-order valence-electron chi connectivity index (χ4n) is 5.42. The van der Waals surface area contributed by atoms with Gasteiger partial charge in [0.05, 0.1) is 19.1 Å². The van der Waals surface area contributed by atoms with E-state index in [1.165, 1.54) is 18.1 Å². The molecule has 0 spiro atoms. The molecule has 0 bridgehead atoms. The summed E-state index contributed by atoms with van der Waals surface area (Å²) in [6.07, 6.45) is -0.192. The number of imide groups is 1. The molecule has 2 fully saturated rings. The Bertz CT molecular complexity index is 1450. The first-order chi connectivity index (χ1) is 17.8. The number of fused-ring (bicyclic) bond motifs is 2. The van der Waals surface area contributed by atoms with Crippen molar-refractivity contribution in [1.29, 1.82) is 0 Å². The number of benzene rings is 1. The highest BCUT2D eigenvalue weighted by atomic mass is 19.1. The Morgan fingerprint density at radius 3 is 2.62 bits per heavy atom. The molecule has 3 aliphatic heterocycles. The van der Waals surface area contributed by atoms with Crippen molar-refractivity contribution in [3.05, 3.63) is 53.0 Å². The minimum absolute atomic E-state index is 0.0306. The van der Waals surface area contributed by atoms with Crippen LogP contribution in [0.3, 0.4) is 0 Å². The summed E-state index contributed by atoms with van der Waals surface area (Å²) in [4.78, 5) is 49.4. The number of pyridine rings is 1. The van der Waals surface area contributed by atoms with E-state index in [1.54, 1.807) is 18.2 Å². The summed E-state index contributed by atoms with van der Waals surface area (Å²) in [6.45, 7) is 3.51. The van der Waals surface area contributed by atoms with Crippen molar-refractivity contribution in [1.82, 2.24) is 20.1 Å². The average Bonchev–Trinajstić information content (AvgIpc) is 3.53. The minimum atomic E-state index is -1.45. The normalized spacial score (nSPS) is 22.2. The third kappa shape index (κ3) is 3.72. The first kappa shape index (κ1) is 23.4. The van der Waals surface area contributed by atoms with Gasteiger partial charge in [-0.15, -0.1) is 0 Å². The topological polar surface area (TPSA) is 108 Å². The molecule has 3 aliphatic rings. The molecule has 1 aromatic carbocycles. The Labute approximate surface area is 212 Å². The number of nitrogens with zero attached hydrogens (tertiary/aromatic N) is 4. The van der Waals surface area contributed by atoms with Crippen molar-refractivity contribution in [3.63, 3.8) is 0 Å². The number of carbonyl (C=O) groups excluding carboxylic acids is 3. The predicted molar refractivity (Wildman–Crippen MR) is 131 cm³/mol. The molecular weight excluding hydrogens is 481 g/mol.